The molecule has 0 aromatic carbocycles. The molecule has 1 atom stereocenters. The monoisotopic (exact) mass is 174 g/mol. The molecule has 0 spiro atoms. The topological polar surface area (TPSA) is 95.5 Å². The molecule has 0 saturated heterocycles. The third kappa shape index (κ3) is 5.21. The van der Waals surface area contributed by atoms with Gasteiger partial charge in [-0.3, -0.25) is 14.9 Å². The minimum atomic E-state index is -1.01. The van der Waals surface area contributed by atoms with Crippen molar-refractivity contribution in [2.24, 2.45) is 0 Å². The third-order valence-electron chi connectivity index (χ3n) is 1.05. The molecule has 3 N–H and O–H groups in total. The highest BCUT2D eigenvalue weighted by Gasteiger charge is 2.09. The van der Waals surface area contributed by atoms with E-state index in [0.29, 0.717) is 0 Å². The van der Waals surface area contributed by atoms with Crippen molar-refractivity contribution in [3.05, 3.63) is 0 Å². The van der Waals surface area contributed by atoms with E-state index in [1.807, 2.05) is 5.32 Å². The quantitative estimate of drug-likeness (QED) is 0.491. The molecule has 0 rings (SSSR count). The van der Waals surface area contributed by atoms with Gasteiger partial charge in [0.15, 0.2) is 0 Å². The van der Waals surface area contributed by atoms with Gasteiger partial charge in [-0.25, -0.2) is 4.79 Å². The van der Waals surface area contributed by atoms with Crippen LogP contribution in [0.25, 0.3) is 0 Å². The van der Waals surface area contributed by atoms with E-state index in [9.17, 15) is 14.4 Å². The number of imide groups is 1. The van der Waals surface area contributed by atoms with Gasteiger partial charge in [0.25, 0.3) is 0 Å². The lowest BCUT2D eigenvalue weighted by Crippen LogP contribution is -2.40. The fraction of sp³-hybridized carbons (Fsp3) is 0.500. The smallest absolute Gasteiger partial charge is 0.321 e. The zero-order valence-corrected chi connectivity index (χ0v) is 6.53. The van der Waals surface area contributed by atoms with Crippen LogP contribution < -0.4 is 10.6 Å². The summed E-state index contributed by atoms with van der Waals surface area (Å²) >= 11 is 0. The highest BCUT2D eigenvalue weighted by atomic mass is 16.4. The van der Waals surface area contributed by atoms with E-state index in [1.165, 1.54) is 6.92 Å². The Kier molecular flexibility index (Phi) is 4.43. The summed E-state index contributed by atoms with van der Waals surface area (Å²) in [6.45, 7) is 1.53. The summed E-state index contributed by atoms with van der Waals surface area (Å²) in [7, 11) is 0. The summed E-state index contributed by atoms with van der Waals surface area (Å²) < 4.78 is 0. The second-order valence-corrected chi connectivity index (χ2v) is 2.23. The van der Waals surface area contributed by atoms with E-state index in [1.54, 1.807) is 0 Å². The lowest BCUT2D eigenvalue weighted by molar-refractivity contribution is -0.137. The molecular formula is C6H10N2O4. The molecule has 6 nitrogen and oxygen atoms in total. The fourth-order valence-electron chi connectivity index (χ4n) is 0.632. The number of urea groups is 1. The highest BCUT2D eigenvalue weighted by Crippen LogP contribution is 1.88. The van der Waals surface area contributed by atoms with Crippen LogP contribution in [0.4, 0.5) is 4.79 Å². The van der Waals surface area contributed by atoms with Crippen molar-refractivity contribution in [3.63, 3.8) is 0 Å². The number of carboxylic acids is 1. The molecule has 0 aliphatic heterocycles. The number of aliphatic carboxylic acids is 1. The molecule has 0 aliphatic rings. The van der Waals surface area contributed by atoms with Crippen LogP contribution in [0.3, 0.4) is 0 Å². The number of amides is 3. The van der Waals surface area contributed by atoms with Gasteiger partial charge in [-0.15, -0.1) is 0 Å². The van der Waals surface area contributed by atoms with E-state index in [2.05, 4.69) is 5.32 Å². The van der Waals surface area contributed by atoms with Crippen LogP contribution in [0, 0.1) is 0 Å². The lowest BCUT2D eigenvalue weighted by Gasteiger charge is -2.09. The molecule has 0 heterocycles. The van der Waals surface area contributed by atoms with E-state index in [0.717, 1.165) is 0 Å². The molecule has 1 unspecified atom stereocenters. The summed E-state index contributed by atoms with van der Waals surface area (Å²) in [5, 5.41) is 12.4. The maximum atomic E-state index is 10.6. The van der Waals surface area contributed by atoms with E-state index in [4.69, 9.17) is 5.11 Å². The molecule has 0 radical (unpaired) electrons. The molecule has 0 aromatic heterocycles. The Hall–Kier alpha value is -1.59. The molecule has 0 fully saturated rings. The number of rotatable bonds is 4. The SMILES string of the molecule is CC(CC(=O)O)NC(=O)NC=O. The first-order chi connectivity index (χ1) is 5.56. The first-order valence-corrected chi connectivity index (χ1v) is 3.28. The van der Waals surface area contributed by atoms with Crippen molar-refractivity contribution in [3.8, 4) is 0 Å². The summed E-state index contributed by atoms with van der Waals surface area (Å²) in [4.78, 5) is 30.4. The number of carbonyl (C=O) groups is 3. The van der Waals surface area contributed by atoms with Crippen LogP contribution in [-0.2, 0) is 9.59 Å². The van der Waals surface area contributed by atoms with Gasteiger partial charge in [0, 0.05) is 6.04 Å². The Morgan fingerprint density at radius 2 is 2.17 bits per heavy atom. The number of carbonyl (C=O) groups excluding carboxylic acids is 2. The van der Waals surface area contributed by atoms with Crippen molar-refractivity contribution in [1.82, 2.24) is 10.6 Å². The van der Waals surface area contributed by atoms with Gasteiger partial charge in [-0.1, -0.05) is 0 Å². The van der Waals surface area contributed by atoms with Gasteiger partial charge in [0.2, 0.25) is 6.41 Å². The summed E-state index contributed by atoms with van der Waals surface area (Å²) in [6.07, 6.45) is 0.0507. The Balaban J connectivity index is 3.67. The number of carboxylic acid groups (broad SMARTS) is 1. The van der Waals surface area contributed by atoms with Crippen LogP contribution in [0.5, 0.6) is 0 Å². The average Bonchev–Trinajstić information content (AvgIpc) is 1.84. The van der Waals surface area contributed by atoms with Crippen molar-refractivity contribution in [2.75, 3.05) is 0 Å². The van der Waals surface area contributed by atoms with Crippen molar-refractivity contribution >= 4 is 18.4 Å². The molecular weight excluding hydrogens is 164 g/mol. The molecule has 0 bridgehead atoms. The Morgan fingerprint density at radius 3 is 2.58 bits per heavy atom. The molecule has 12 heavy (non-hydrogen) atoms. The largest absolute Gasteiger partial charge is 0.481 e. The Bertz CT molecular complexity index is 192. The molecule has 3 amide bonds. The van der Waals surface area contributed by atoms with Crippen LogP contribution in [-0.4, -0.2) is 29.6 Å². The first kappa shape index (κ1) is 10.4. The van der Waals surface area contributed by atoms with Crippen LogP contribution in [0.15, 0.2) is 0 Å². The minimum Gasteiger partial charge on any atom is -0.481 e. The predicted octanol–water partition coefficient (Wildman–Crippen LogP) is -0.695. The maximum Gasteiger partial charge on any atom is 0.321 e. The molecule has 0 aromatic rings. The van der Waals surface area contributed by atoms with Crippen molar-refractivity contribution < 1.29 is 19.5 Å². The standard InChI is InChI=1S/C6H10N2O4/c1-4(2-5(10)11)8-6(12)7-3-9/h3-4H,2H2,1H3,(H,10,11)(H2,7,8,9,12). The summed E-state index contributed by atoms with van der Waals surface area (Å²) in [5.74, 6) is -1.01. The Morgan fingerprint density at radius 1 is 1.58 bits per heavy atom. The normalized spacial score (nSPS) is 11.4. The zero-order chi connectivity index (χ0) is 9.56. The maximum absolute atomic E-state index is 10.6. The number of hydrogen-bond donors (Lipinski definition) is 3. The Labute approximate surface area is 68.9 Å². The van der Waals surface area contributed by atoms with Crippen molar-refractivity contribution in [2.45, 2.75) is 19.4 Å². The van der Waals surface area contributed by atoms with Crippen LogP contribution in [0.1, 0.15) is 13.3 Å². The van der Waals surface area contributed by atoms with Gasteiger partial charge in [0.05, 0.1) is 6.42 Å². The van der Waals surface area contributed by atoms with Gasteiger partial charge in [-0.2, -0.15) is 0 Å². The highest BCUT2D eigenvalue weighted by molar-refractivity contribution is 5.84. The second kappa shape index (κ2) is 5.11. The van der Waals surface area contributed by atoms with Crippen LogP contribution in [0.2, 0.25) is 0 Å². The number of nitrogens with one attached hydrogen (secondary N) is 2. The van der Waals surface area contributed by atoms with Gasteiger partial charge >= 0.3 is 12.0 Å². The van der Waals surface area contributed by atoms with Crippen molar-refractivity contribution in [1.29, 1.82) is 0 Å². The van der Waals surface area contributed by atoms with Crippen LogP contribution >= 0.6 is 0 Å². The molecule has 68 valence electrons. The summed E-state index contributed by atoms with van der Waals surface area (Å²) in [6, 6.07) is -1.19. The van der Waals surface area contributed by atoms with Gasteiger partial charge < -0.3 is 10.4 Å². The van der Waals surface area contributed by atoms with Gasteiger partial charge in [0.1, 0.15) is 0 Å². The average molecular weight is 174 g/mol. The van der Waals surface area contributed by atoms with E-state index < -0.39 is 18.0 Å². The summed E-state index contributed by atoms with van der Waals surface area (Å²) in [5.41, 5.74) is 0. The molecule has 0 saturated carbocycles. The lowest BCUT2D eigenvalue weighted by atomic mass is 10.2. The minimum absolute atomic E-state index is 0.174. The fourth-order valence-corrected chi connectivity index (χ4v) is 0.632. The van der Waals surface area contributed by atoms with Gasteiger partial charge in [-0.05, 0) is 6.92 Å². The number of hydrogen-bond acceptors (Lipinski definition) is 3. The first-order valence-electron chi connectivity index (χ1n) is 3.28. The third-order valence-corrected chi connectivity index (χ3v) is 1.05. The zero-order valence-electron chi connectivity index (χ0n) is 6.53. The second-order valence-electron chi connectivity index (χ2n) is 2.23. The van der Waals surface area contributed by atoms with E-state index in [-0.39, 0.29) is 12.8 Å². The molecule has 6 heteroatoms. The predicted molar refractivity (Wildman–Crippen MR) is 39.4 cm³/mol. The van der Waals surface area contributed by atoms with E-state index >= 15 is 0 Å². The molecule has 0 aliphatic carbocycles.